The van der Waals surface area contributed by atoms with Gasteiger partial charge in [-0.15, -0.1) is 0 Å². The van der Waals surface area contributed by atoms with Gasteiger partial charge in [-0.1, -0.05) is 0 Å². The molecule has 3 heterocycles. The zero-order chi connectivity index (χ0) is 27.4. The van der Waals surface area contributed by atoms with Crippen molar-refractivity contribution in [3.63, 3.8) is 0 Å². The van der Waals surface area contributed by atoms with Gasteiger partial charge in [0.15, 0.2) is 23.9 Å². The highest BCUT2D eigenvalue weighted by atomic mass is 16.5. The van der Waals surface area contributed by atoms with E-state index in [-0.39, 0.29) is 18.1 Å². The third-order valence-electron chi connectivity index (χ3n) is 6.67. The molecule has 1 aromatic heterocycles. The van der Waals surface area contributed by atoms with Gasteiger partial charge in [-0.3, -0.25) is 9.59 Å². The predicted octanol–water partition coefficient (Wildman–Crippen LogP) is 1.49. The first-order chi connectivity index (χ1) is 19.0. The van der Waals surface area contributed by atoms with Crippen molar-refractivity contribution in [3.8, 4) is 28.6 Å². The van der Waals surface area contributed by atoms with E-state index in [1.165, 1.54) is 7.11 Å². The maximum absolute atomic E-state index is 12.7. The lowest BCUT2D eigenvalue weighted by Gasteiger charge is -2.29. The molecular weight excluding hydrogens is 506 g/mol. The van der Waals surface area contributed by atoms with E-state index >= 15 is 0 Å². The highest BCUT2D eigenvalue weighted by molar-refractivity contribution is 5.96. The molecule has 0 spiro atoms. The number of nitrogens with two attached hydrogens (primary N) is 1. The van der Waals surface area contributed by atoms with Gasteiger partial charge in [0.1, 0.15) is 11.6 Å². The number of benzene rings is 2. The second-order valence-electron chi connectivity index (χ2n) is 9.09. The van der Waals surface area contributed by atoms with E-state index in [0.717, 1.165) is 5.39 Å². The van der Waals surface area contributed by atoms with Gasteiger partial charge in [-0.2, -0.15) is 0 Å². The highest BCUT2D eigenvalue weighted by Crippen LogP contribution is 2.37. The summed E-state index contributed by atoms with van der Waals surface area (Å²) in [5, 5.41) is 0.752. The fourth-order valence-corrected chi connectivity index (χ4v) is 4.57. The molecule has 0 atom stereocenters. The molecule has 2 saturated heterocycles. The fourth-order valence-electron chi connectivity index (χ4n) is 4.57. The molecule has 2 aromatic carbocycles. The molecule has 2 N–H and O–H groups in total. The van der Waals surface area contributed by atoms with Crippen LogP contribution in [0, 0.1) is 0 Å². The van der Waals surface area contributed by atoms with Gasteiger partial charge in [0.2, 0.25) is 5.91 Å². The van der Waals surface area contributed by atoms with Crippen molar-refractivity contribution in [3.05, 3.63) is 35.9 Å². The molecule has 0 radical (unpaired) electrons. The SMILES string of the molecule is COc1cc(C(N)=O)cc(-c2nc(N3CCOCC3)c3cc(OC)c(OCC(=O)N4CCOCC4)cc3n2)c1. The summed E-state index contributed by atoms with van der Waals surface area (Å²) in [4.78, 5) is 38.2. The smallest absolute Gasteiger partial charge is 0.260 e. The van der Waals surface area contributed by atoms with Gasteiger partial charge in [0.05, 0.1) is 46.2 Å². The monoisotopic (exact) mass is 537 g/mol. The largest absolute Gasteiger partial charge is 0.497 e. The van der Waals surface area contributed by atoms with Crippen LogP contribution in [0.3, 0.4) is 0 Å². The number of amides is 2. The fraction of sp³-hybridized carbons (Fsp3) is 0.407. The topological polar surface area (TPSA) is 139 Å². The first kappa shape index (κ1) is 26.4. The number of hydrogen-bond acceptors (Lipinski definition) is 10. The number of carbonyl (C=O) groups excluding carboxylic acids is 2. The lowest BCUT2D eigenvalue weighted by atomic mass is 10.1. The summed E-state index contributed by atoms with van der Waals surface area (Å²) in [6.07, 6.45) is 0. The number of methoxy groups -OCH3 is 2. The maximum Gasteiger partial charge on any atom is 0.260 e. The summed E-state index contributed by atoms with van der Waals surface area (Å²) < 4.78 is 27.8. The van der Waals surface area contributed by atoms with Gasteiger partial charge < -0.3 is 39.2 Å². The van der Waals surface area contributed by atoms with Crippen LogP contribution >= 0.6 is 0 Å². The minimum Gasteiger partial charge on any atom is -0.497 e. The molecule has 0 unspecified atom stereocenters. The van der Waals surface area contributed by atoms with Crippen molar-refractivity contribution in [2.24, 2.45) is 5.73 Å². The number of fused-ring (bicyclic) bond motifs is 1. The highest BCUT2D eigenvalue weighted by Gasteiger charge is 2.23. The minimum atomic E-state index is -0.588. The number of carbonyl (C=O) groups is 2. The van der Waals surface area contributed by atoms with Crippen LogP contribution in [0.1, 0.15) is 10.4 Å². The summed E-state index contributed by atoms with van der Waals surface area (Å²) in [5.74, 6) is 1.65. The quantitative estimate of drug-likeness (QED) is 0.450. The van der Waals surface area contributed by atoms with Crippen molar-refractivity contribution in [1.82, 2.24) is 14.9 Å². The molecule has 2 fully saturated rings. The Kier molecular flexibility index (Phi) is 7.94. The predicted molar refractivity (Wildman–Crippen MR) is 143 cm³/mol. The number of primary amides is 1. The number of anilines is 1. The van der Waals surface area contributed by atoms with E-state index in [9.17, 15) is 9.59 Å². The van der Waals surface area contributed by atoms with Crippen LogP contribution in [0.15, 0.2) is 30.3 Å². The maximum atomic E-state index is 12.7. The summed E-state index contributed by atoms with van der Waals surface area (Å²) in [6, 6.07) is 8.51. The van der Waals surface area contributed by atoms with Crippen LogP contribution in [-0.4, -0.2) is 100 Å². The van der Waals surface area contributed by atoms with Crippen molar-refractivity contribution in [2.75, 3.05) is 78.3 Å². The van der Waals surface area contributed by atoms with Crippen LogP contribution in [0.4, 0.5) is 5.82 Å². The van der Waals surface area contributed by atoms with E-state index < -0.39 is 5.91 Å². The van der Waals surface area contributed by atoms with Gasteiger partial charge in [-0.25, -0.2) is 9.97 Å². The Balaban J connectivity index is 1.58. The average Bonchev–Trinajstić information content (AvgIpc) is 2.99. The molecular formula is C27H31N5O7. The summed E-state index contributed by atoms with van der Waals surface area (Å²) in [5.41, 5.74) is 6.99. The Hall–Kier alpha value is -4.16. The zero-order valence-electron chi connectivity index (χ0n) is 22.0. The molecule has 5 rings (SSSR count). The molecule has 39 heavy (non-hydrogen) atoms. The Morgan fingerprint density at radius 2 is 1.62 bits per heavy atom. The Morgan fingerprint density at radius 3 is 2.28 bits per heavy atom. The number of nitrogens with zero attached hydrogens (tertiary/aromatic N) is 4. The average molecular weight is 538 g/mol. The Labute approximate surface area is 225 Å². The molecule has 3 aromatic rings. The Morgan fingerprint density at radius 1 is 0.897 bits per heavy atom. The standard InChI is InChI=1S/C27H31N5O7/c1-35-19-12-17(25(28)34)11-18(13-19)26-29-21-15-23(39-16-24(33)31-3-7-37-8-4-31)22(36-2)14-20(21)27(30-26)32-5-9-38-10-6-32/h11-15H,3-10,16H2,1-2H3,(H2,28,34). The van der Waals surface area contributed by atoms with E-state index in [1.54, 1.807) is 36.3 Å². The molecule has 12 nitrogen and oxygen atoms in total. The first-order valence-electron chi connectivity index (χ1n) is 12.7. The lowest BCUT2D eigenvalue weighted by Crippen LogP contribution is -2.43. The second-order valence-corrected chi connectivity index (χ2v) is 9.09. The number of rotatable bonds is 8. The zero-order valence-corrected chi connectivity index (χ0v) is 22.0. The van der Waals surface area contributed by atoms with Gasteiger partial charge in [-0.05, 0) is 24.3 Å². The summed E-state index contributed by atoms with van der Waals surface area (Å²) in [6.45, 7) is 4.35. The van der Waals surface area contributed by atoms with Gasteiger partial charge in [0, 0.05) is 48.8 Å². The van der Waals surface area contributed by atoms with Gasteiger partial charge >= 0.3 is 0 Å². The summed E-state index contributed by atoms with van der Waals surface area (Å²) in [7, 11) is 3.06. The molecule has 206 valence electrons. The molecule has 12 heteroatoms. The number of hydrogen-bond donors (Lipinski definition) is 1. The van der Waals surface area contributed by atoms with E-state index in [0.29, 0.717) is 92.6 Å². The number of morpholine rings is 2. The normalized spacial score (nSPS) is 15.7. The molecule has 0 saturated carbocycles. The summed E-state index contributed by atoms with van der Waals surface area (Å²) >= 11 is 0. The second kappa shape index (κ2) is 11.7. The first-order valence-corrected chi connectivity index (χ1v) is 12.7. The van der Waals surface area contributed by atoms with Gasteiger partial charge in [0.25, 0.3) is 5.91 Å². The molecule has 0 aliphatic carbocycles. The third-order valence-corrected chi connectivity index (χ3v) is 6.67. The van der Waals surface area contributed by atoms with Crippen molar-refractivity contribution in [1.29, 1.82) is 0 Å². The molecule has 2 aliphatic rings. The molecule has 2 aliphatic heterocycles. The van der Waals surface area contributed by atoms with E-state index in [1.807, 2.05) is 6.07 Å². The van der Waals surface area contributed by atoms with Crippen LogP contribution in [0.5, 0.6) is 17.2 Å². The van der Waals surface area contributed by atoms with Crippen LogP contribution < -0.4 is 24.8 Å². The van der Waals surface area contributed by atoms with Crippen molar-refractivity contribution < 1.29 is 33.3 Å². The van der Waals surface area contributed by atoms with Crippen molar-refractivity contribution in [2.45, 2.75) is 0 Å². The molecule has 2 amide bonds. The number of aromatic nitrogens is 2. The van der Waals surface area contributed by atoms with Crippen LogP contribution in [-0.2, 0) is 14.3 Å². The minimum absolute atomic E-state index is 0.131. The number of ether oxygens (including phenoxy) is 5. The van der Waals surface area contributed by atoms with Crippen LogP contribution in [0.25, 0.3) is 22.3 Å². The van der Waals surface area contributed by atoms with Crippen LogP contribution in [0.2, 0.25) is 0 Å². The van der Waals surface area contributed by atoms with E-state index in [2.05, 4.69) is 4.90 Å². The molecule has 0 bridgehead atoms. The Bertz CT molecular complexity index is 1370. The van der Waals surface area contributed by atoms with E-state index in [4.69, 9.17) is 39.4 Å². The van der Waals surface area contributed by atoms with Crippen molar-refractivity contribution >= 4 is 28.5 Å². The third kappa shape index (κ3) is 5.81. The lowest BCUT2D eigenvalue weighted by molar-refractivity contribution is -0.137.